The zero-order chi connectivity index (χ0) is 15.5. The molecule has 4 rings (SSSR count). The first-order valence-corrected chi connectivity index (χ1v) is 9.23. The molecule has 0 unspecified atom stereocenters. The first kappa shape index (κ1) is 15.1. The molecule has 2 aromatic heterocycles. The van der Waals surface area contributed by atoms with Crippen LogP contribution in [0.4, 0.5) is 0 Å². The van der Waals surface area contributed by atoms with Gasteiger partial charge in [-0.15, -0.1) is 0 Å². The van der Waals surface area contributed by atoms with Gasteiger partial charge in [-0.2, -0.15) is 11.3 Å². The lowest BCUT2D eigenvalue weighted by molar-refractivity contribution is -0.0589. The Hall–Kier alpha value is -1.43. The lowest BCUT2D eigenvalue weighted by Gasteiger charge is -2.37. The molecule has 3 atom stereocenters. The fourth-order valence-electron chi connectivity index (χ4n) is 3.71. The van der Waals surface area contributed by atoms with Gasteiger partial charge in [0, 0.05) is 31.4 Å². The molecule has 1 saturated heterocycles. The number of rotatable bonds is 5. The summed E-state index contributed by atoms with van der Waals surface area (Å²) in [6.07, 6.45) is 4.38. The van der Waals surface area contributed by atoms with Gasteiger partial charge >= 0.3 is 0 Å². The van der Waals surface area contributed by atoms with Gasteiger partial charge in [0.25, 0.3) is 0 Å². The van der Waals surface area contributed by atoms with Crippen LogP contribution in [0.5, 0.6) is 5.88 Å². The SMILES string of the molecule is c1ccc(OC[C@@H]2C[C@@H]3OCCN(Cc4ccsc4)[C@H]3C2)nc1. The van der Waals surface area contributed by atoms with Crippen LogP contribution in [0.3, 0.4) is 0 Å². The summed E-state index contributed by atoms with van der Waals surface area (Å²) in [7, 11) is 0. The van der Waals surface area contributed by atoms with Crippen molar-refractivity contribution in [1.29, 1.82) is 0 Å². The summed E-state index contributed by atoms with van der Waals surface area (Å²) in [6.45, 7) is 3.66. The Morgan fingerprint density at radius 2 is 2.30 bits per heavy atom. The number of hydrogen-bond acceptors (Lipinski definition) is 5. The van der Waals surface area contributed by atoms with Gasteiger partial charge in [-0.3, -0.25) is 4.90 Å². The van der Waals surface area contributed by atoms with Crippen LogP contribution in [-0.2, 0) is 11.3 Å². The Bertz CT molecular complexity index is 605. The largest absolute Gasteiger partial charge is 0.477 e. The molecule has 23 heavy (non-hydrogen) atoms. The average Bonchev–Trinajstić information content (AvgIpc) is 3.23. The molecule has 0 N–H and O–H groups in total. The molecule has 1 aliphatic carbocycles. The molecule has 1 saturated carbocycles. The number of fused-ring (bicyclic) bond motifs is 1. The number of nitrogens with zero attached hydrogens (tertiary/aromatic N) is 2. The smallest absolute Gasteiger partial charge is 0.213 e. The first-order chi connectivity index (χ1) is 11.4. The van der Waals surface area contributed by atoms with Gasteiger partial charge in [-0.25, -0.2) is 4.98 Å². The number of ether oxygens (including phenoxy) is 2. The molecule has 0 radical (unpaired) electrons. The van der Waals surface area contributed by atoms with Crippen molar-refractivity contribution in [2.75, 3.05) is 19.8 Å². The quantitative estimate of drug-likeness (QED) is 0.843. The Labute approximate surface area is 141 Å². The summed E-state index contributed by atoms with van der Waals surface area (Å²) in [5, 5.41) is 4.41. The van der Waals surface area contributed by atoms with Gasteiger partial charge in [0.2, 0.25) is 5.88 Å². The summed E-state index contributed by atoms with van der Waals surface area (Å²) in [5.41, 5.74) is 1.42. The maximum Gasteiger partial charge on any atom is 0.213 e. The van der Waals surface area contributed by atoms with Gasteiger partial charge in [-0.1, -0.05) is 6.07 Å². The van der Waals surface area contributed by atoms with Crippen LogP contribution >= 0.6 is 11.3 Å². The Morgan fingerprint density at radius 1 is 1.30 bits per heavy atom. The zero-order valence-corrected chi connectivity index (χ0v) is 14.0. The van der Waals surface area contributed by atoms with E-state index in [0.29, 0.717) is 18.1 Å². The third-order valence-electron chi connectivity index (χ3n) is 4.82. The molecule has 1 aliphatic heterocycles. The van der Waals surface area contributed by atoms with E-state index in [1.165, 1.54) is 5.56 Å². The molecule has 0 spiro atoms. The monoisotopic (exact) mass is 330 g/mol. The Balaban J connectivity index is 1.35. The summed E-state index contributed by atoms with van der Waals surface area (Å²) >= 11 is 1.77. The molecule has 5 heteroatoms. The standard InChI is InChI=1S/C18H22N2O2S/c1-2-5-19-18(3-1)22-12-15-9-16-17(10-15)21-7-6-20(16)11-14-4-8-23-13-14/h1-5,8,13,15-17H,6-7,9-12H2/t15-,16-,17-/m0/s1. The topological polar surface area (TPSA) is 34.6 Å². The summed E-state index contributed by atoms with van der Waals surface area (Å²) < 4.78 is 11.9. The highest BCUT2D eigenvalue weighted by Crippen LogP contribution is 2.35. The maximum absolute atomic E-state index is 6.02. The van der Waals surface area contributed by atoms with Gasteiger partial charge in [0.05, 0.1) is 19.3 Å². The minimum absolute atomic E-state index is 0.361. The zero-order valence-electron chi connectivity index (χ0n) is 13.1. The average molecular weight is 330 g/mol. The predicted octanol–water partition coefficient (Wildman–Crippen LogP) is 3.20. The van der Waals surface area contributed by atoms with Gasteiger partial charge in [-0.05, 0) is 47.2 Å². The van der Waals surface area contributed by atoms with Crippen LogP contribution in [0.25, 0.3) is 0 Å². The minimum Gasteiger partial charge on any atom is -0.477 e. The summed E-state index contributed by atoms with van der Waals surface area (Å²) in [4.78, 5) is 6.83. The highest BCUT2D eigenvalue weighted by molar-refractivity contribution is 7.07. The number of pyridine rings is 1. The van der Waals surface area contributed by atoms with E-state index in [-0.39, 0.29) is 0 Å². The van der Waals surface area contributed by atoms with Crippen LogP contribution in [-0.4, -0.2) is 41.8 Å². The molecular formula is C18H22N2O2S. The first-order valence-electron chi connectivity index (χ1n) is 8.29. The van der Waals surface area contributed by atoms with Gasteiger partial charge < -0.3 is 9.47 Å². The summed E-state index contributed by atoms with van der Waals surface area (Å²) in [5.74, 6) is 1.27. The molecule has 0 amide bonds. The lowest BCUT2D eigenvalue weighted by atomic mass is 10.1. The van der Waals surface area contributed by atoms with E-state index in [2.05, 4.69) is 26.7 Å². The lowest BCUT2D eigenvalue weighted by Crippen LogP contribution is -2.47. The third kappa shape index (κ3) is 3.57. The second kappa shape index (κ2) is 6.99. The predicted molar refractivity (Wildman–Crippen MR) is 90.7 cm³/mol. The van der Waals surface area contributed by atoms with Crippen molar-refractivity contribution in [1.82, 2.24) is 9.88 Å². The molecule has 2 aromatic rings. The third-order valence-corrected chi connectivity index (χ3v) is 5.55. The van der Waals surface area contributed by atoms with Gasteiger partial charge in [0.1, 0.15) is 0 Å². The molecule has 2 fully saturated rings. The number of hydrogen-bond donors (Lipinski definition) is 0. The molecule has 0 aromatic carbocycles. The van der Waals surface area contributed by atoms with Crippen molar-refractivity contribution in [3.8, 4) is 5.88 Å². The number of morpholine rings is 1. The van der Waals surface area contributed by atoms with Crippen molar-refractivity contribution in [2.45, 2.75) is 31.5 Å². The van der Waals surface area contributed by atoms with E-state index >= 15 is 0 Å². The van der Waals surface area contributed by atoms with E-state index in [4.69, 9.17) is 9.47 Å². The van der Waals surface area contributed by atoms with Crippen molar-refractivity contribution >= 4 is 11.3 Å². The molecule has 4 nitrogen and oxygen atoms in total. The van der Waals surface area contributed by atoms with Crippen molar-refractivity contribution in [3.05, 3.63) is 46.8 Å². The van der Waals surface area contributed by atoms with E-state index in [9.17, 15) is 0 Å². The van der Waals surface area contributed by atoms with Crippen molar-refractivity contribution in [2.24, 2.45) is 5.92 Å². The highest BCUT2D eigenvalue weighted by Gasteiger charge is 2.41. The Kier molecular flexibility index (Phi) is 4.60. The highest BCUT2D eigenvalue weighted by atomic mass is 32.1. The van der Waals surface area contributed by atoms with E-state index < -0.39 is 0 Å². The van der Waals surface area contributed by atoms with E-state index in [1.807, 2.05) is 18.2 Å². The van der Waals surface area contributed by atoms with Crippen LogP contribution in [0.1, 0.15) is 18.4 Å². The number of thiophene rings is 1. The fraction of sp³-hybridized carbons (Fsp3) is 0.500. The molecule has 0 bridgehead atoms. The van der Waals surface area contributed by atoms with Crippen LogP contribution < -0.4 is 4.74 Å². The van der Waals surface area contributed by atoms with E-state index in [1.54, 1.807) is 17.5 Å². The second-order valence-corrected chi connectivity index (χ2v) is 7.18. The molecular weight excluding hydrogens is 308 g/mol. The molecule has 2 aliphatic rings. The van der Waals surface area contributed by atoms with Crippen LogP contribution in [0, 0.1) is 5.92 Å². The minimum atomic E-state index is 0.361. The normalized spacial score (nSPS) is 27.7. The van der Waals surface area contributed by atoms with E-state index in [0.717, 1.165) is 45.0 Å². The van der Waals surface area contributed by atoms with Crippen LogP contribution in [0.15, 0.2) is 41.2 Å². The number of aromatic nitrogens is 1. The second-order valence-electron chi connectivity index (χ2n) is 6.40. The summed E-state index contributed by atoms with van der Waals surface area (Å²) in [6, 6.07) is 8.55. The maximum atomic E-state index is 6.02. The molecule has 122 valence electrons. The van der Waals surface area contributed by atoms with Crippen LogP contribution in [0.2, 0.25) is 0 Å². The van der Waals surface area contributed by atoms with Crippen molar-refractivity contribution in [3.63, 3.8) is 0 Å². The molecule has 3 heterocycles. The Morgan fingerprint density at radius 3 is 3.13 bits per heavy atom. The van der Waals surface area contributed by atoms with Crippen molar-refractivity contribution < 1.29 is 9.47 Å². The fourth-order valence-corrected chi connectivity index (χ4v) is 4.37. The van der Waals surface area contributed by atoms with Gasteiger partial charge in [0.15, 0.2) is 0 Å².